The summed E-state index contributed by atoms with van der Waals surface area (Å²) >= 11 is 0. The molecule has 0 amide bonds. The molecule has 39 heavy (non-hydrogen) atoms. The first-order valence-electron chi connectivity index (χ1n) is 16.4. The van der Waals surface area contributed by atoms with E-state index in [1.165, 1.54) is 76.9 Å². The molecule has 0 bridgehead atoms. The molecule has 0 saturated heterocycles. The van der Waals surface area contributed by atoms with Gasteiger partial charge in [0.2, 0.25) is 0 Å². The van der Waals surface area contributed by atoms with Gasteiger partial charge in [0.25, 0.3) is 0 Å². The van der Waals surface area contributed by atoms with Crippen LogP contribution in [0.3, 0.4) is 0 Å². The van der Waals surface area contributed by atoms with Crippen molar-refractivity contribution in [1.82, 2.24) is 0 Å². The minimum Gasteiger partial charge on any atom is -0.465 e. The summed E-state index contributed by atoms with van der Waals surface area (Å²) in [4.78, 5) is 11.9. The van der Waals surface area contributed by atoms with E-state index in [0.717, 1.165) is 48.3 Å². The molecule has 4 fully saturated rings. The predicted octanol–water partition coefficient (Wildman–Crippen LogP) is 8.72. The summed E-state index contributed by atoms with van der Waals surface area (Å²) in [7, 11) is 1.43. The first-order chi connectivity index (χ1) is 18.6. The van der Waals surface area contributed by atoms with Gasteiger partial charge < -0.3 is 9.84 Å². The van der Waals surface area contributed by atoms with Crippen LogP contribution in [0.1, 0.15) is 121 Å². The lowest BCUT2D eigenvalue weighted by molar-refractivity contribution is -0.152. The van der Waals surface area contributed by atoms with Gasteiger partial charge in [0.05, 0.1) is 18.8 Å². The fraction of sp³-hybridized carbons (Fsp3) is 0.806. The molecule has 0 heterocycles. The topological polar surface area (TPSA) is 46.5 Å². The Bertz CT molecular complexity index is 984. The van der Waals surface area contributed by atoms with Gasteiger partial charge in [-0.15, -0.1) is 0 Å². The van der Waals surface area contributed by atoms with E-state index < -0.39 is 0 Å². The van der Waals surface area contributed by atoms with Crippen molar-refractivity contribution in [3.05, 3.63) is 35.4 Å². The standard InChI is InChI=1S/C36H56O3/c1-23(2)8-7-9-24(3)29-16-17-30-27-14-15-31-28(22-25-10-12-26(13-11-25)34(38)39-6)33(37)19-21-36(31,5)32(27)18-20-35(29,30)4/h10-13,23-24,27-33,37H,7-9,14-22H2,1-6H3/t24-,27+,28?,29-,30+,31?,32+,33?,35-,36+/m1/s1. The van der Waals surface area contributed by atoms with Crippen LogP contribution in [0.2, 0.25) is 0 Å². The Morgan fingerprint density at radius 3 is 2.26 bits per heavy atom. The van der Waals surface area contributed by atoms with Gasteiger partial charge in [-0.1, -0.05) is 66.0 Å². The van der Waals surface area contributed by atoms with Crippen LogP contribution in [0, 0.1) is 58.2 Å². The number of hydrogen-bond acceptors (Lipinski definition) is 3. The Kier molecular flexibility index (Phi) is 8.59. The SMILES string of the molecule is COC(=O)c1ccc(CC2C(O)CC[C@@]3(C)C2CC[C@H]2[C@@H]4CC[C@H]([C@H](C)CCCC(C)C)[C@@]4(C)CC[C@@H]23)cc1. The largest absolute Gasteiger partial charge is 0.465 e. The van der Waals surface area contributed by atoms with Crippen molar-refractivity contribution < 1.29 is 14.6 Å². The summed E-state index contributed by atoms with van der Waals surface area (Å²) < 4.78 is 4.88. The van der Waals surface area contributed by atoms with Crippen molar-refractivity contribution in [2.45, 2.75) is 118 Å². The average molecular weight is 537 g/mol. The highest BCUT2D eigenvalue weighted by Gasteiger charge is 2.61. The van der Waals surface area contributed by atoms with Gasteiger partial charge in [0.1, 0.15) is 0 Å². The van der Waals surface area contributed by atoms with Crippen molar-refractivity contribution in [2.24, 2.45) is 58.2 Å². The van der Waals surface area contributed by atoms with E-state index in [1.54, 1.807) is 0 Å². The van der Waals surface area contributed by atoms with Gasteiger partial charge in [0, 0.05) is 0 Å². The smallest absolute Gasteiger partial charge is 0.337 e. The van der Waals surface area contributed by atoms with Crippen molar-refractivity contribution in [3.63, 3.8) is 0 Å². The Morgan fingerprint density at radius 1 is 0.897 bits per heavy atom. The van der Waals surface area contributed by atoms with E-state index in [0.29, 0.717) is 28.2 Å². The molecule has 4 saturated carbocycles. The quantitative estimate of drug-likeness (QED) is 0.338. The van der Waals surface area contributed by atoms with E-state index in [2.05, 4.69) is 46.8 Å². The van der Waals surface area contributed by atoms with Crippen molar-refractivity contribution in [1.29, 1.82) is 0 Å². The van der Waals surface area contributed by atoms with Gasteiger partial charge in [0.15, 0.2) is 0 Å². The van der Waals surface area contributed by atoms with Crippen LogP contribution in [0.25, 0.3) is 0 Å². The van der Waals surface area contributed by atoms with Crippen LogP contribution in [-0.2, 0) is 11.2 Å². The van der Waals surface area contributed by atoms with Crippen LogP contribution in [0.15, 0.2) is 24.3 Å². The molecule has 10 atom stereocenters. The zero-order chi connectivity index (χ0) is 27.9. The Hall–Kier alpha value is -1.35. The maximum absolute atomic E-state index is 11.9. The Labute approximate surface area is 238 Å². The average Bonchev–Trinajstić information content (AvgIpc) is 3.27. The minimum atomic E-state index is -0.284. The molecule has 218 valence electrons. The lowest BCUT2D eigenvalue weighted by atomic mass is 9.42. The number of fused-ring (bicyclic) bond motifs is 5. The fourth-order valence-electron chi connectivity index (χ4n) is 11.0. The molecule has 1 aromatic carbocycles. The molecule has 1 aromatic rings. The second kappa shape index (κ2) is 11.5. The molecule has 0 radical (unpaired) electrons. The second-order valence-electron chi connectivity index (χ2n) is 15.3. The van der Waals surface area contributed by atoms with Crippen LogP contribution in [0.4, 0.5) is 0 Å². The molecule has 0 aromatic heterocycles. The third-order valence-electron chi connectivity index (χ3n) is 13.0. The summed E-state index contributed by atoms with van der Waals surface area (Å²) in [5.41, 5.74) is 2.72. The molecule has 0 aliphatic heterocycles. The lowest BCUT2D eigenvalue weighted by Gasteiger charge is -2.63. The normalized spacial score (nSPS) is 40.5. The maximum Gasteiger partial charge on any atom is 0.337 e. The molecule has 3 nitrogen and oxygen atoms in total. The van der Waals surface area contributed by atoms with Crippen LogP contribution < -0.4 is 0 Å². The molecular weight excluding hydrogens is 480 g/mol. The van der Waals surface area contributed by atoms with E-state index in [4.69, 9.17) is 4.74 Å². The van der Waals surface area contributed by atoms with Gasteiger partial charge in [-0.05, 0) is 134 Å². The summed E-state index contributed by atoms with van der Waals surface area (Å²) in [6.45, 7) is 12.6. The van der Waals surface area contributed by atoms with Crippen molar-refractivity contribution in [3.8, 4) is 0 Å². The van der Waals surface area contributed by atoms with Crippen LogP contribution in [0.5, 0.6) is 0 Å². The molecule has 1 N–H and O–H groups in total. The third kappa shape index (κ3) is 5.35. The Balaban J connectivity index is 1.29. The monoisotopic (exact) mass is 536 g/mol. The summed E-state index contributed by atoms with van der Waals surface area (Å²) in [5.74, 6) is 5.84. The number of carbonyl (C=O) groups is 1. The molecule has 5 rings (SSSR count). The van der Waals surface area contributed by atoms with Crippen molar-refractivity contribution in [2.75, 3.05) is 7.11 Å². The fourth-order valence-corrected chi connectivity index (χ4v) is 11.0. The van der Waals surface area contributed by atoms with E-state index in [9.17, 15) is 9.90 Å². The number of aliphatic hydroxyl groups is 1. The molecule has 4 aliphatic carbocycles. The lowest BCUT2D eigenvalue weighted by Crippen LogP contribution is -2.57. The highest BCUT2D eigenvalue weighted by atomic mass is 16.5. The second-order valence-corrected chi connectivity index (χ2v) is 15.3. The highest BCUT2D eigenvalue weighted by molar-refractivity contribution is 5.89. The number of benzene rings is 1. The number of aliphatic hydroxyl groups excluding tert-OH is 1. The van der Waals surface area contributed by atoms with Gasteiger partial charge in [-0.2, -0.15) is 0 Å². The molecule has 0 spiro atoms. The van der Waals surface area contributed by atoms with Crippen LogP contribution in [-0.4, -0.2) is 24.3 Å². The number of carbonyl (C=O) groups excluding carboxylic acids is 1. The van der Waals surface area contributed by atoms with Crippen molar-refractivity contribution >= 4 is 5.97 Å². The molecular formula is C36H56O3. The number of esters is 1. The first kappa shape index (κ1) is 29.2. The van der Waals surface area contributed by atoms with E-state index >= 15 is 0 Å². The van der Waals surface area contributed by atoms with Crippen LogP contribution >= 0.6 is 0 Å². The molecule has 4 aliphatic rings. The zero-order valence-corrected chi connectivity index (χ0v) is 25.8. The summed E-state index contributed by atoms with van der Waals surface area (Å²) in [6, 6.07) is 7.91. The highest BCUT2D eigenvalue weighted by Crippen LogP contribution is 2.69. The minimum absolute atomic E-state index is 0.212. The predicted molar refractivity (Wildman–Crippen MR) is 159 cm³/mol. The number of ether oxygens (including phenoxy) is 1. The number of methoxy groups -OCH3 is 1. The van der Waals surface area contributed by atoms with Gasteiger partial charge in [-0.25, -0.2) is 4.79 Å². The zero-order valence-electron chi connectivity index (χ0n) is 25.8. The first-order valence-corrected chi connectivity index (χ1v) is 16.4. The third-order valence-corrected chi connectivity index (χ3v) is 13.0. The number of hydrogen-bond donors (Lipinski definition) is 1. The molecule has 3 unspecified atom stereocenters. The van der Waals surface area contributed by atoms with Gasteiger partial charge in [-0.3, -0.25) is 0 Å². The summed E-state index contributed by atoms with van der Waals surface area (Å²) in [5, 5.41) is 11.3. The van der Waals surface area contributed by atoms with E-state index in [1.807, 2.05) is 12.1 Å². The van der Waals surface area contributed by atoms with Gasteiger partial charge >= 0.3 is 5.97 Å². The maximum atomic E-state index is 11.9. The van der Waals surface area contributed by atoms with E-state index in [-0.39, 0.29) is 12.1 Å². The summed E-state index contributed by atoms with van der Waals surface area (Å²) in [6.07, 6.45) is 15.4. The molecule has 3 heteroatoms. The Morgan fingerprint density at radius 2 is 1.56 bits per heavy atom. The number of rotatable bonds is 8.